The van der Waals surface area contributed by atoms with Crippen LogP contribution in [0.3, 0.4) is 0 Å². The lowest BCUT2D eigenvalue weighted by Crippen LogP contribution is -2.30. The Balaban J connectivity index is 2.06. The number of ether oxygens (including phenoxy) is 1. The Morgan fingerprint density at radius 3 is 3.13 bits per heavy atom. The molecule has 0 amide bonds. The van der Waals surface area contributed by atoms with Crippen LogP contribution in [0.25, 0.3) is 0 Å². The van der Waals surface area contributed by atoms with Crippen molar-refractivity contribution >= 4 is 17.4 Å². The Bertz CT molecular complexity index is 339. The molecule has 1 unspecified atom stereocenters. The van der Waals surface area contributed by atoms with Crippen LogP contribution in [0.15, 0.2) is 6.33 Å². The summed E-state index contributed by atoms with van der Waals surface area (Å²) in [5.74, 6) is 0.811. The van der Waals surface area contributed by atoms with Crippen LogP contribution in [0.2, 0.25) is 5.15 Å². The molecular weight excluding hydrogens is 214 g/mol. The second-order valence-electron chi connectivity index (χ2n) is 3.70. The minimum atomic E-state index is 0.336. The fraction of sp³-hybridized carbons (Fsp3) is 0.600. The van der Waals surface area contributed by atoms with E-state index in [1.165, 1.54) is 6.33 Å². The van der Waals surface area contributed by atoms with E-state index in [-0.39, 0.29) is 0 Å². The lowest BCUT2D eigenvalue weighted by atomic mass is 10.1. The van der Waals surface area contributed by atoms with E-state index >= 15 is 0 Å². The maximum atomic E-state index is 5.91. The van der Waals surface area contributed by atoms with E-state index in [2.05, 4.69) is 15.3 Å². The first-order chi connectivity index (χ1) is 7.27. The molecule has 0 spiro atoms. The molecule has 1 saturated heterocycles. The molecule has 1 atom stereocenters. The summed E-state index contributed by atoms with van der Waals surface area (Å²) >= 11 is 5.91. The number of anilines is 1. The topological polar surface area (TPSA) is 47.0 Å². The van der Waals surface area contributed by atoms with Crippen LogP contribution in [0.4, 0.5) is 5.82 Å². The van der Waals surface area contributed by atoms with Gasteiger partial charge in [-0.3, -0.25) is 0 Å². The minimum absolute atomic E-state index is 0.336. The van der Waals surface area contributed by atoms with Gasteiger partial charge < -0.3 is 10.1 Å². The van der Waals surface area contributed by atoms with E-state index in [9.17, 15) is 0 Å². The Kier molecular flexibility index (Phi) is 3.38. The van der Waals surface area contributed by atoms with Crippen LogP contribution in [0.1, 0.15) is 18.4 Å². The molecule has 1 aliphatic heterocycles. The summed E-state index contributed by atoms with van der Waals surface area (Å²) in [6.45, 7) is 3.51. The van der Waals surface area contributed by atoms with Gasteiger partial charge in [0, 0.05) is 12.2 Å². The summed E-state index contributed by atoms with van der Waals surface area (Å²) in [7, 11) is 0. The summed E-state index contributed by atoms with van der Waals surface area (Å²) in [5, 5.41) is 3.83. The number of nitrogens with zero attached hydrogens (tertiary/aromatic N) is 2. The molecular formula is C10H14ClN3O. The Morgan fingerprint density at radius 2 is 2.40 bits per heavy atom. The molecule has 2 heterocycles. The summed E-state index contributed by atoms with van der Waals surface area (Å²) < 4.78 is 5.39. The highest BCUT2D eigenvalue weighted by atomic mass is 35.5. The fourth-order valence-electron chi connectivity index (χ4n) is 1.62. The van der Waals surface area contributed by atoms with E-state index in [4.69, 9.17) is 16.3 Å². The van der Waals surface area contributed by atoms with Crippen molar-refractivity contribution in [1.29, 1.82) is 0 Å². The zero-order valence-corrected chi connectivity index (χ0v) is 9.42. The fourth-order valence-corrected chi connectivity index (χ4v) is 1.76. The first-order valence-corrected chi connectivity index (χ1v) is 5.46. The average Bonchev–Trinajstić information content (AvgIpc) is 2.26. The molecule has 0 radical (unpaired) electrons. The lowest BCUT2D eigenvalue weighted by Gasteiger charge is -2.24. The van der Waals surface area contributed by atoms with Crippen LogP contribution in [0.5, 0.6) is 0 Å². The molecule has 1 fully saturated rings. The van der Waals surface area contributed by atoms with Gasteiger partial charge in [0.2, 0.25) is 0 Å². The Hall–Kier alpha value is -0.870. The summed E-state index contributed by atoms with van der Waals surface area (Å²) in [6.07, 6.45) is 3.68. The zero-order chi connectivity index (χ0) is 10.7. The van der Waals surface area contributed by atoms with Crippen molar-refractivity contribution < 1.29 is 4.74 Å². The highest BCUT2D eigenvalue weighted by Crippen LogP contribution is 2.20. The molecule has 0 aromatic carbocycles. The molecule has 2 rings (SSSR count). The molecule has 5 heteroatoms. The lowest BCUT2D eigenvalue weighted by molar-refractivity contribution is 0.0875. The second-order valence-corrected chi connectivity index (χ2v) is 4.05. The van der Waals surface area contributed by atoms with Crippen molar-refractivity contribution in [1.82, 2.24) is 9.97 Å². The predicted octanol–water partition coefficient (Wildman–Crippen LogP) is 2.03. The Labute approximate surface area is 94.0 Å². The van der Waals surface area contributed by atoms with Gasteiger partial charge in [-0.05, 0) is 19.8 Å². The smallest absolute Gasteiger partial charge is 0.137 e. The molecule has 1 aromatic rings. The largest absolute Gasteiger partial charge is 0.379 e. The van der Waals surface area contributed by atoms with Crippen LogP contribution in [-0.4, -0.2) is 29.2 Å². The summed E-state index contributed by atoms with van der Waals surface area (Å²) in [4.78, 5) is 8.09. The number of nitrogens with one attached hydrogen (secondary N) is 1. The van der Waals surface area contributed by atoms with Crippen molar-refractivity contribution in [2.24, 2.45) is 0 Å². The van der Waals surface area contributed by atoms with Crippen molar-refractivity contribution in [3.63, 3.8) is 0 Å². The number of hydrogen-bond acceptors (Lipinski definition) is 4. The second kappa shape index (κ2) is 4.77. The molecule has 15 heavy (non-hydrogen) atoms. The van der Waals surface area contributed by atoms with Gasteiger partial charge in [0.1, 0.15) is 17.3 Å². The number of rotatable bonds is 2. The van der Waals surface area contributed by atoms with Crippen LogP contribution >= 0.6 is 11.6 Å². The third-order valence-electron chi connectivity index (χ3n) is 2.52. The van der Waals surface area contributed by atoms with Gasteiger partial charge in [-0.2, -0.15) is 0 Å². The zero-order valence-electron chi connectivity index (χ0n) is 8.66. The van der Waals surface area contributed by atoms with Gasteiger partial charge in [-0.25, -0.2) is 9.97 Å². The monoisotopic (exact) mass is 227 g/mol. The minimum Gasteiger partial charge on any atom is -0.379 e. The molecule has 0 aliphatic carbocycles. The molecule has 4 nitrogen and oxygen atoms in total. The summed E-state index contributed by atoms with van der Waals surface area (Å²) in [6, 6.07) is 0.336. The molecule has 1 N–H and O–H groups in total. The average molecular weight is 228 g/mol. The van der Waals surface area contributed by atoms with Gasteiger partial charge >= 0.3 is 0 Å². The van der Waals surface area contributed by atoms with Crippen LogP contribution < -0.4 is 5.32 Å². The van der Waals surface area contributed by atoms with Crippen molar-refractivity contribution in [2.45, 2.75) is 25.8 Å². The van der Waals surface area contributed by atoms with Gasteiger partial charge in [0.05, 0.1) is 12.6 Å². The van der Waals surface area contributed by atoms with Crippen LogP contribution in [0, 0.1) is 6.92 Å². The molecule has 82 valence electrons. The molecule has 1 aliphatic rings. The van der Waals surface area contributed by atoms with Crippen molar-refractivity contribution in [3.05, 3.63) is 17.0 Å². The summed E-state index contributed by atoms with van der Waals surface area (Å²) in [5.41, 5.74) is 0.893. The molecule has 0 bridgehead atoms. The third kappa shape index (κ3) is 2.58. The van der Waals surface area contributed by atoms with Crippen LogP contribution in [-0.2, 0) is 4.74 Å². The number of aromatic nitrogens is 2. The van der Waals surface area contributed by atoms with E-state index in [1.54, 1.807) is 0 Å². The normalized spacial score (nSPS) is 21.3. The van der Waals surface area contributed by atoms with Crippen molar-refractivity contribution in [2.75, 3.05) is 18.5 Å². The van der Waals surface area contributed by atoms with Gasteiger partial charge in [-0.15, -0.1) is 0 Å². The van der Waals surface area contributed by atoms with E-state index < -0.39 is 0 Å². The van der Waals surface area contributed by atoms with Gasteiger partial charge in [0.15, 0.2) is 0 Å². The SMILES string of the molecule is Cc1c(Cl)ncnc1NC1CCCOC1. The third-order valence-corrected chi connectivity index (χ3v) is 2.90. The van der Waals surface area contributed by atoms with E-state index in [1.807, 2.05) is 6.92 Å². The number of hydrogen-bond donors (Lipinski definition) is 1. The highest BCUT2D eigenvalue weighted by Gasteiger charge is 2.15. The van der Waals surface area contributed by atoms with Crippen molar-refractivity contribution in [3.8, 4) is 0 Å². The molecule has 0 saturated carbocycles. The number of halogens is 1. The predicted molar refractivity (Wildman–Crippen MR) is 59.2 cm³/mol. The van der Waals surface area contributed by atoms with E-state index in [0.29, 0.717) is 11.2 Å². The highest BCUT2D eigenvalue weighted by molar-refractivity contribution is 6.30. The van der Waals surface area contributed by atoms with Gasteiger partial charge in [0.25, 0.3) is 0 Å². The first kappa shape index (κ1) is 10.6. The standard InChI is InChI=1S/C10H14ClN3O/c1-7-9(11)12-6-13-10(7)14-8-3-2-4-15-5-8/h6,8H,2-5H2,1H3,(H,12,13,14). The maximum absolute atomic E-state index is 5.91. The maximum Gasteiger partial charge on any atom is 0.137 e. The molecule has 1 aromatic heterocycles. The Morgan fingerprint density at radius 1 is 1.53 bits per heavy atom. The first-order valence-electron chi connectivity index (χ1n) is 5.09. The quantitative estimate of drug-likeness (QED) is 0.786. The van der Waals surface area contributed by atoms with E-state index in [0.717, 1.165) is 37.4 Å². The van der Waals surface area contributed by atoms with Gasteiger partial charge in [-0.1, -0.05) is 11.6 Å².